The van der Waals surface area contributed by atoms with Crippen LogP contribution in [0, 0.1) is 12.8 Å². The molecule has 0 radical (unpaired) electrons. The van der Waals surface area contributed by atoms with Crippen LogP contribution in [0.15, 0.2) is 47.1 Å². The third-order valence-corrected chi connectivity index (χ3v) is 4.21. The van der Waals surface area contributed by atoms with Gasteiger partial charge in [0, 0.05) is 18.7 Å². The van der Waals surface area contributed by atoms with Crippen molar-refractivity contribution in [2.24, 2.45) is 5.92 Å². The average molecular weight is 385 g/mol. The molecule has 1 aliphatic heterocycles. The number of carbonyl (C=O) groups excluding carboxylic acids is 4. The molecule has 0 spiro atoms. The fourth-order valence-electron chi connectivity index (χ4n) is 2.73. The zero-order chi connectivity index (χ0) is 20.1. The van der Waals surface area contributed by atoms with Crippen LogP contribution in [0.2, 0.25) is 0 Å². The maximum Gasteiger partial charge on any atom is 0.311 e. The van der Waals surface area contributed by atoms with Crippen molar-refractivity contribution in [2.75, 3.05) is 18.1 Å². The molecule has 2 heterocycles. The summed E-state index contributed by atoms with van der Waals surface area (Å²) in [6.07, 6.45) is 1.34. The largest absolute Gasteiger partial charge is 0.459 e. The molecule has 0 unspecified atom stereocenters. The van der Waals surface area contributed by atoms with Gasteiger partial charge in [-0.1, -0.05) is 17.7 Å². The number of amides is 3. The minimum Gasteiger partial charge on any atom is -0.459 e. The van der Waals surface area contributed by atoms with E-state index in [1.807, 2.05) is 31.2 Å². The fraction of sp³-hybridized carbons (Fsp3) is 0.263. The number of esters is 1. The molecule has 1 aromatic heterocycles. The van der Waals surface area contributed by atoms with Crippen LogP contribution in [-0.2, 0) is 19.1 Å². The number of rotatable bonds is 5. The van der Waals surface area contributed by atoms with Crippen LogP contribution in [0.4, 0.5) is 5.69 Å². The molecule has 9 nitrogen and oxygen atoms in total. The van der Waals surface area contributed by atoms with E-state index >= 15 is 0 Å². The molecule has 1 aromatic carbocycles. The van der Waals surface area contributed by atoms with Crippen molar-refractivity contribution < 1.29 is 28.3 Å². The third-order valence-electron chi connectivity index (χ3n) is 4.21. The second-order valence-electron chi connectivity index (χ2n) is 6.33. The minimum absolute atomic E-state index is 0.0174. The van der Waals surface area contributed by atoms with E-state index in [4.69, 9.17) is 9.15 Å². The summed E-state index contributed by atoms with van der Waals surface area (Å²) in [4.78, 5) is 49.2. The normalized spacial score (nSPS) is 16.0. The van der Waals surface area contributed by atoms with Crippen LogP contribution in [-0.4, -0.2) is 36.8 Å². The van der Waals surface area contributed by atoms with Crippen molar-refractivity contribution >= 4 is 29.4 Å². The molecule has 3 rings (SSSR count). The van der Waals surface area contributed by atoms with Gasteiger partial charge >= 0.3 is 11.9 Å². The first kappa shape index (κ1) is 19.2. The fourth-order valence-corrected chi connectivity index (χ4v) is 2.73. The van der Waals surface area contributed by atoms with E-state index in [1.54, 1.807) is 0 Å². The summed E-state index contributed by atoms with van der Waals surface area (Å²) in [7, 11) is 0. The number of benzene rings is 1. The Morgan fingerprint density at radius 2 is 1.93 bits per heavy atom. The maximum absolute atomic E-state index is 12.2. The van der Waals surface area contributed by atoms with Gasteiger partial charge in [-0.25, -0.2) is 0 Å². The first-order chi connectivity index (χ1) is 13.4. The zero-order valence-electron chi connectivity index (χ0n) is 15.1. The molecule has 0 aliphatic carbocycles. The van der Waals surface area contributed by atoms with E-state index in [-0.39, 0.29) is 24.6 Å². The Hall–Kier alpha value is -3.62. The van der Waals surface area contributed by atoms with Gasteiger partial charge in [0.1, 0.15) is 0 Å². The van der Waals surface area contributed by atoms with Gasteiger partial charge in [0.15, 0.2) is 12.4 Å². The molecule has 1 atom stereocenters. The number of nitrogens with one attached hydrogen (secondary N) is 2. The lowest BCUT2D eigenvalue weighted by atomic mass is 10.1. The van der Waals surface area contributed by atoms with Gasteiger partial charge in [-0.05, 0) is 31.2 Å². The van der Waals surface area contributed by atoms with Gasteiger partial charge in [-0.15, -0.1) is 0 Å². The Labute approximate surface area is 160 Å². The van der Waals surface area contributed by atoms with Crippen LogP contribution >= 0.6 is 0 Å². The van der Waals surface area contributed by atoms with Crippen LogP contribution in [0.3, 0.4) is 0 Å². The molecule has 9 heteroatoms. The molecule has 1 aliphatic rings. The molecular formula is C19H19N3O6. The van der Waals surface area contributed by atoms with Gasteiger partial charge < -0.3 is 14.1 Å². The van der Waals surface area contributed by atoms with Crippen molar-refractivity contribution in [3.63, 3.8) is 0 Å². The molecule has 0 bridgehead atoms. The second kappa shape index (κ2) is 8.38. The second-order valence-corrected chi connectivity index (χ2v) is 6.33. The summed E-state index contributed by atoms with van der Waals surface area (Å²) in [5.41, 5.74) is 6.02. The first-order valence-corrected chi connectivity index (χ1v) is 8.60. The highest BCUT2D eigenvalue weighted by atomic mass is 16.5. The van der Waals surface area contributed by atoms with Crippen LogP contribution in [0.5, 0.6) is 0 Å². The smallest absolute Gasteiger partial charge is 0.311 e. The topological polar surface area (TPSA) is 118 Å². The number of nitrogens with zero attached hydrogens (tertiary/aromatic N) is 1. The van der Waals surface area contributed by atoms with Gasteiger partial charge in [0.05, 0.1) is 12.2 Å². The van der Waals surface area contributed by atoms with Gasteiger partial charge in [0.25, 0.3) is 5.91 Å². The monoisotopic (exact) mass is 385 g/mol. The van der Waals surface area contributed by atoms with Gasteiger partial charge in [0.2, 0.25) is 5.91 Å². The van der Waals surface area contributed by atoms with E-state index < -0.39 is 30.3 Å². The lowest BCUT2D eigenvalue weighted by Crippen LogP contribution is -2.43. The molecule has 2 aromatic rings. The number of carbonyl (C=O) groups is 4. The molecule has 28 heavy (non-hydrogen) atoms. The Balaban J connectivity index is 1.44. The molecule has 1 saturated heterocycles. The van der Waals surface area contributed by atoms with E-state index in [9.17, 15) is 19.2 Å². The van der Waals surface area contributed by atoms with E-state index in [0.29, 0.717) is 5.69 Å². The lowest BCUT2D eigenvalue weighted by molar-refractivity contribution is -0.152. The lowest BCUT2D eigenvalue weighted by Gasteiger charge is -2.16. The predicted octanol–water partition coefficient (Wildman–Crippen LogP) is 0.945. The number of hydrogen-bond donors (Lipinski definition) is 2. The number of furan rings is 1. The van der Waals surface area contributed by atoms with Gasteiger partial charge in [-0.2, -0.15) is 0 Å². The Morgan fingerprint density at radius 3 is 2.61 bits per heavy atom. The number of anilines is 1. The average Bonchev–Trinajstić information content (AvgIpc) is 3.35. The highest BCUT2D eigenvalue weighted by Crippen LogP contribution is 2.26. The third kappa shape index (κ3) is 4.56. The van der Waals surface area contributed by atoms with Gasteiger partial charge in [-0.3, -0.25) is 30.0 Å². The Kier molecular flexibility index (Phi) is 5.73. The van der Waals surface area contributed by atoms with Crippen LogP contribution < -0.4 is 15.8 Å². The van der Waals surface area contributed by atoms with E-state index in [0.717, 1.165) is 5.56 Å². The number of ether oxygens (including phenoxy) is 1. The first-order valence-electron chi connectivity index (χ1n) is 8.60. The molecule has 2 N–H and O–H groups in total. The quantitative estimate of drug-likeness (QED) is 0.584. The summed E-state index contributed by atoms with van der Waals surface area (Å²) >= 11 is 0. The molecule has 1 fully saturated rings. The summed E-state index contributed by atoms with van der Waals surface area (Å²) in [6, 6.07) is 10.4. The number of hydrazine groups is 1. The van der Waals surface area contributed by atoms with Crippen LogP contribution in [0.25, 0.3) is 0 Å². The Bertz CT molecular complexity index is 876. The van der Waals surface area contributed by atoms with Crippen molar-refractivity contribution in [2.45, 2.75) is 13.3 Å². The zero-order valence-corrected chi connectivity index (χ0v) is 15.1. The number of hydrogen-bond acceptors (Lipinski definition) is 6. The SMILES string of the molecule is Cc1ccc(N2C[C@@H](C(=O)OCC(=O)NNC(=O)c3ccco3)CC2=O)cc1. The molecule has 3 amide bonds. The van der Waals surface area contributed by atoms with E-state index in [1.165, 1.54) is 23.3 Å². The molecule has 146 valence electrons. The Morgan fingerprint density at radius 1 is 1.18 bits per heavy atom. The van der Waals surface area contributed by atoms with Crippen molar-refractivity contribution in [3.8, 4) is 0 Å². The van der Waals surface area contributed by atoms with Crippen LogP contribution in [0.1, 0.15) is 22.5 Å². The molecule has 0 saturated carbocycles. The summed E-state index contributed by atoms with van der Waals surface area (Å²) in [6.45, 7) is 1.56. The highest BCUT2D eigenvalue weighted by molar-refractivity contribution is 5.99. The van der Waals surface area contributed by atoms with Crippen molar-refractivity contribution in [1.29, 1.82) is 0 Å². The van der Waals surface area contributed by atoms with Crippen molar-refractivity contribution in [1.82, 2.24) is 10.9 Å². The highest BCUT2D eigenvalue weighted by Gasteiger charge is 2.36. The maximum atomic E-state index is 12.2. The minimum atomic E-state index is -0.715. The summed E-state index contributed by atoms with van der Waals surface area (Å²) < 4.78 is 9.83. The van der Waals surface area contributed by atoms with E-state index in [2.05, 4.69) is 10.9 Å². The number of aryl methyl sites for hydroxylation is 1. The standard InChI is InChI=1S/C19H19N3O6/c1-12-4-6-14(7-5-12)22-10-13(9-17(22)24)19(26)28-11-16(23)20-21-18(25)15-3-2-8-27-15/h2-8,13H,9-11H2,1H3,(H,20,23)(H,21,25)/t13-/m0/s1. The molecular weight excluding hydrogens is 366 g/mol. The van der Waals surface area contributed by atoms with Crippen molar-refractivity contribution in [3.05, 3.63) is 54.0 Å². The summed E-state index contributed by atoms with van der Waals surface area (Å²) in [5, 5.41) is 0. The summed E-state index contributed by atoms with van der Waals surface area (Å²) in [5.74, 6) is -2.80. The predicted molar refractivity (Wildman–Crippen MR) is 96.9 cm³/mol.